The van der Waals surface area contributed by atoms with Gasteiger partial charge in [0.05, 0.1) is 23.5 Å². The Morgan fingerprint density at radius 3 is 2.62 bits per heavy atom. The quantitative estimate of drug-likeness (QED) is 0.322. The third-order valence-corrected chi connectivity index (χ3v) is 6.26. The van der Waals surface area contributed by atoms with E-state index in [1.807, 2.05) is 18.2 Å². The monoisotopic (exact) mass is 422 g/mol. The fourth-order valence-electron chi connectivity index (χ4n) is 3.55. The molecule has 4 rings (SSSR count). The molecule has 0 saturated carbocycles. The van der Waals surface area contributed by atoms with Gasteiger partial charge in [0.25, 0.3) is 0 Å². The summed E-state index contributed by atoms with van der Waals surface area (Å²) >= 11 is 8.24. The van der Waals surface area contributed by atoms with Gasteiger partial charge in [-0.05, 0) is 43.0 Å². The van der Waals surface area contributed by atoms with Crippen molar-refractivity contribution >= 4 is 44.5 Å². The Bertz CT molecular complexity index is 1150. The summed E-state index contributed by atoms with van der Waals surface area (Å²) in [5, 5.41) is 4.11. The van der Waals surface area contributed by atoms with E-state index in [9.17, 15) is 0 Å². The smallest absolute Gasteiger partial charge is 0.190 e. The maximum Gasteiger partial charge on any atom is 0.190 e. The summed E-state index contributed by atoms with van der Waals surface area (Å²) in [5.41, 5.74) is 3.05. The van der Waals surface area contributed by atoms with Crippen molar-refractivity contribution in [1.82, 2.24) is 4.98 Å². The number of fused-ring (bicyclic) bond motifs is 1. The van der Waals surface area contributed by atoms with Crippen molar-refractivity contribution in [3.8, 4) is 17.0 Å². The molecule has 3 nitrogen and oxygen atoms in total. The van der Waals surface area contributed by atoms with Crippen LogP contribution in [0.25, 0.3) is 22.0 Å². The first-order valence-corrected chi connectivity index (χ1v) is 10.9. The van der Waals surface area contributed by atoms with Gasteiger partial charge in [0.1, 0.15) is 5.75 Å². The molecule has 0 aliphatic rings. The molecule has 0 bridgehead atoms. The molecule has 0 spiro atoms. The lowest BCUT2D eigenvalue weighted by Crippen LogP contribution is -2.17. The molecule has 0 amide bonds. The number of aryl methyl sites for hydroxylation is 1. The summed E-state index contributed by atoms with van der Waals surface area (Å²) in [6, 6.07) is 20.7. The molecule has 0 fully saturated rings. The Balaban J connectivity index is 1.81. The minimum atomic E-state index is 0.650. The van der Waals surface area contributed by atoms with Crippen LogP contribution in [0.1, 0.15) is 18.2 Å². The van der Waals surface area contributed by atoms with Gasteiger partial charge in [-0.1, -0.05) is 54.9 Å². The average molecular weight is 423 g/mol. The van der Waals surface area contributed by atoms with Crippen LogP contribution in [0.4, 0.5) is 10.8 Å². The molecule has 0 aliphatic heterocycles. The number of methoxy groups -OCH3 is 1. The summed E-state index contributed by atoms with van der Waals surface area (Å²) < 4.78 is 5.28. The van der Waals surface area contributed by atoms with Crippen molar-refractivity contribution in [2.75, 3.05) is 18.6 Å². The lowest BCUT2D eigenvalue weighted by molar-refractivity contribution is 0.415. The molecular weight excluding hydrogens is 400 g/mol. The summed E-state index contributed by atoms with van der Waals surface area (Å²) in [7, 11) is 1.64. The molecule has 0 aliphatic carbocycles. The maximum absolute atomic E-state index is 6.53. The van der Waals surface area contributed by atoms with Gasteiger partial charge in [-0.3, -0.25) is 0 Å². The van der Waals surface area contributed by atoms with Gasteiger partial charge in [0, 0.05) is 22.4 Å². The van der Waals surface area contributed by atoms with E-state index in [0.717, 1.165) is 40.0 Å². The van der Waals surface area contributed by atoms with E-state index in [0.29, 0.717) is 5.02 Å². The topological polar surface area (TPSA) is 25.4 Å². The number of nitrogens with zero attached hydrogens (tertiary/aromatic N) is 2. The van der Waals surface area contributed by atoms with Gasteiger partial charge < -0.3 is 9.64 Å². The SMILES string of the molecule is CCCN(c1nc(-c2ccc(OC)cc2Cl)c(C)s1)c1cccc2ccccc12. The molecular formula is C24H23ClN2OS. The van der Waals surface area contributed by atoms with Gasteiger partial charge in [0.2, 0.25) is 0 Å². The third kappa shape index (κ3) is 3.83. The fraction of sp³-hybridized carbons (Fsp3) is 0.208. The number of anilines is 2. The van der Waals surface area contributed by atoms with Crippen molar-refractivity contribution in [2.45, 2.75) is 20.3 Å². The highest BCUT2D eigenvalue weighted by Gasteiger charge is 2.19. The second kappa shape index (κ2) is 8.44. The zero-order chi connectivity index (χ0) is 20.4. The second-order valence-electron chi connectivity index (χ2n) is 6.90. The zero-order valence-corrected chi connectivity index (χ0v) is 18.3. The van der Waals surface area contributed by atoms with Crippen LogP contribution in [-0.4, -0.2) is 18.6 Å². The molecule has 4 aromatic rings. The van der Waals surface area contributed by atoms with Gasteiger partial charge in [-0.15, -0.1) is 11.3 Å². The van der Waals surface area contributed by atoms with E-state index in [-0.39, 0.29) is 0 Å². The first kappa shape index (κ1) is 19.7. The minimum absolute atomic E-state index is 0.650. The highest BCUT2D eigenvalue weighted by molar-refractivity contribution is 7.16. The molecule has 0 radical (unpaired) electrons. The molecule has 0 atom stereocenters. The van der Waals surface area contributed by atoms with E-state index in [2.05, 4.69) is 61.2 Å². The average Bonchev–Trinajstić information content (AvgIpc) is 3.12. The Hall–Kier alpha value is -2.56. The minimum Gasteiger partial charge on any atom is -0.497 e. The summed E-state index contributed by atoms with van der Waals surface area (Å²) in [4.78, 5) is 8.48. The number of aromatic nitrogens is 1. The Labute approximate surface area is 180 Å². The molecule has 0 saturated heterocycles. The van der Waals surface area contributed by atoms with E-state index < -0.39 is 0 Å². The molecule has 3 aromatic carbocycles. The zero-order valence-electron chi connectivity index (χ0n) is 16.8. The highest BCUT2D eigenvalue weighted by Crippen LogP contribution is 2.40. The summed E-state index contributed by atoms with van der Waals surface area (Å²) in [6.07, 6.45) is 1.03. The van der Waals surface area contributed by atoms with E-state index in [4.69, 9.17) is 21.3 Å². The van der Waals surface area contributed by atoms with E-state index in [1.54, 1.807) is 18.4 Å². The van der Waals surface area contributed by atoms with Crippen molar-refractivity contribution < 1.29 is 4.74 Å². The van der Waals surface area contributed by atoms with E-state index >= 15 is 0 Å². The number of halogens is 1. The lowest BCUT2D eigenvalue weighted by atomic mass is 10.1. The van der Waals surface area contributed by atoms with Gasteiger partial charge in [-0.2, -0.15) is 0 Å². The Morgan fingerprint density at radius 1 is 1.07 bits per heavy atom. The fourth-order valence-corrected chi connectivity index (χ4v) is 4.77. The number of hydrogen-bond acceptors (Lipinski definition) is 4. The first-order chi connectivity index (χ1) is 14.1. The molecule has 5 heteroatoms. The van der Waals surface area contributed by atoms with Crippen LogP contribution in [0.15, 0.2) is 60.7 Å². The van der Waals surface area contributed by atoms with Crippen molar-refractivity contribution in [3.63, 3.8) is 0 Å². The van der Waals surface area contributed by atoms with Crippen molar-refractivity contribution in [3.05, 3.63) is 70.6 Å². The van der Waals surface area contributed by atoms with Crippen LogP contribution in [0.3, 0.4) is 0 Å². The summed E-state index contributed by atoms with van der Waals surface area (Å²) in [6.45, 7) is 5.20. The molecule has 29 heavy (non-hydrogen) atoms. The van der Waals surface area contributed by atoms with Gasteiger partial charge in [0.15, 0.2) is 5.13 Å². The predicted octanol–water partition coefficient (Wildman–Crippen LogP) is 7.48. The van der Waals surface area contributed by atoms with Crippen LogP contribution in [0.5, 0.6) is 5.75 Å². The Kier molecular flexibility index (Phi) is 5.74. The maximum atomic E-state index is 6.53. The van der Waals surface area contributed by atoms with Crippen molar-refractivity contribution in [2.24, 2.45) is 0 Å². The normalized spacial score (nSPS) is 11.0. The van der Waals surface area contributed by atoms with Crippen LogP contribution >= 0.6 is 22.9 Å². The number of thiazole rings is 1. The Morgan fingerprint density at radius 2 is 1.86 bits per heavy atom. The molecule has 0 N–H and O–H groups in total. The lowest BCUT2D eigenvalue weighted by Gasteiger charge is -2.23. The molecule has 0 unspecified atom stereocenters. The first-order valence-electron chi connectivity index (χ1n) is 9.69. The van der Waals surface area contributed by atoms with Crippen molar-refractivity contribution in [1.29, 1.82) is 0 Å². The van der Waals surface area contributed by atoms with Crippen LogP contribution in [-0.2, 0) is 0 Å². The number of hydrogen-bond donors (Lipinski definition) is 0. The van der Waals surface area contributed by atoms with Gasteiger partial charge >= 0.3 is 0 Å². The van der Waals surface area contributed by atoms with Crippen LogP contribution < -0.4 is 9.64 Å². The predicted molar refractivity (Wildman–Crippen MR) is 125 cm³/mol. The van der Waals surface area contributed by atoms with E-state index in [1.165, 1.54) is 16.5 Å². The largest absolute Gasteiger partial charge is 0.497 e. The third-order valence-electron chi connectivity index (χ3n) is 4.95. The number of benzene rings is 3. The van der Waals surface area contributed by atoms with Crippen LogP contribution in [0, 0.1) is 6.92 Å². The standard InChI is InChI=1S/C24H23ClN2OS/c1-4-14-27(22-11-7-9-17-8-5-6-10-19(17)22)24-26-23(16(2)29-24)20-13-12-18(28-3)15-21(20)25/h5-13,15H,4,14H2,1-3H3. The number of rotatable bonds is 6. The highest BCUT2D eigenvalue weighted by atomic mass is 35.5. The number of ether oxygens (including phenoxy) is 1. The second-order valence-corrected chi connectivity index (χ2v) is 8.49. The van der Waals surface area contributed by atoms with Gasteiger partial charge in [-0.25, -0.2) is 4.98 Å². The summed E-state index contributed by atoms with van der Waals surface area (Å²) in [5.74, 6) is 0.746. The molecule has 148 valence electrons. The molecule has 1 heterocycles. The molecule has 1 aromatic heterocycles. The van der Waals surface area contributed by atoms with Crippen LogP contribution in [0.2, 0.25) is 5.02 Å².